The van der Waals surface area contributed by atoms with Gasteiger partial charge in [0.05, 0.1) is 17.3 Å². The second-order valence-corrected chi connectivity index (χ2v) is 6.03. The smallest absolute Gasteiger partial charge is 0.384 e. The Morgan fingerprint density at radius 2 is 2.18 bits per heavy atom. The minimum atomic E-state index is -4.55. The van der Waals surface area contributed by atoms with Crippen molar-refractivity contribution in [2.75, 3.05) is 11.4 Å². The molecule has 1 fully saturated rings. The number of carbonyl (C=O) groups is 1. The standard InChI is InChI=1S/C14H16F3N3O2/c1-7-6-18-12(21)20(7)10-5-9(14(15,16)17)8-3-4-13(2,22)11(8)19-10/h5,7,22H,3-4,6H2,1-2H3,(H,18,21). The molecule has 2 unspecified atom stereocenters. The number of fused-ring (bicyclic) bond motifs is 1. The van der Waals surface area contributed by atoms with Crippen LogP contribution in [0.25, 0.3) is 0 Å². The summed E-state index contributed by atoms with van der Waals surface area (Å²) in [5.74, 6) is -0.0734. The third-order valence-electron chi connectivity index (χ3n) is 4.24. The molecule has 0 spiro atoms. The lowest BCUT2D eigenvalue weighted by atomic mass is 10.0. The van der Waals surface area contributed by atoms with Crippen LogP contribution < -0.4 is 10.2 Å². The number of hydrogen-bond acceptors (Lipinski definition) is 3. The highest BCUT2D eigenvalue weighted by atomic mass is 19.4. The molecule has 8 heteroatoms. The van der Waals surface area contributed by atoms with E-state index < -0.39 is 23.4 Å². The van der Waals surface area contributed by atoms with Gasteiger partial charge in [-0.2, -0.15) is 13.2 Å². The van der Waals surface area contributed by atoms with E-state index in [1.54, 1.807) is 6.92 Å². The molecule has 0 saturated carbocycles. The van der Waals surface area contributed by atoms with Crippen molar-refractivity contribution in [2.45, 2.75) is 44.5 Å². The van der Waals surface area contributed by atoms with Crippen LogP contribution in [0.4, 0.5) is 23.8 Å². The van der Waals surface area contributed by atoms with Crippen molar-refractivity contribution < 1.29 is 23.1 Å². The van der Waals surface area contributed by atoms with Gasteiger partial charge in [-0.15, -0.1) is 0 Å². The first kappa shape index (κ1) is 15.1. The van der Waals surface area contributed by atoms with Gasteiger partial charge in [0.1, 0.15) is 11.4 Å². The number of nitrogens with one attached hydrogen (secondary N) is 1. The number of anilines is 1. The molecule has 22 heavy (non-hydrogen) atoms. The lowest BCUT2D eigenvalue weighted by Crippen LogP contribution is -2.34. The molecule has 2 atom stereocenters. The van der Waals surface area contributed by atoms with Crippen LogP contribution in [0.15, 0.2) is 6.07 Å². The summed E-state index contributed by atoms with van der Waals surface area (Å²) in [6.45, 7) is 3.51. The molecule has 0 bridgehead atoms. The van der Waals surface area contributed by atoms with Crippen LogP contribution in [0, 0.1) is 0 Å². The summed E-state index contributed by atoms with van der Waals surface area (Å²) in [5.41, 5.74) is -2.19. The minimum Gasteiger partial charge on any atom is -0.384 e. The number of alkyl halides is 3. The normalized spacial score (nSPS) is 28.0. The lowest BCUT2D eigenvalue weighted by molar-refractivity contribution is -0.138. The van der Waals surface area contributed by atoms with Crippen molar-refractivity contribution in [3.8, 4) is 0 Å². The van der Waals surface area contributed by atoms with Gasteiger partial charge in [0.15, 0.2) is 0 Å². The summed E-state index contributed by atoms with van der Waals surface area (Å²) < 4.78 is 40.0. The Balaban J connectivity index is 2.20. The van der Waals surface area contributed by atoms with Gasteiger partial charge >= 0.3 is 12.2 Å². The molecular weight excluding hydrogens is 299 g/mol. The van der Waals surface area contributed by atoms with Crippen LogP contribution >= 0.6 is 0 Å². The second kappa shape index (κ2) is 4.58. The highest BCUT2D eigenvalue weighted by Gasteiger charge is 2.44. The predicted molar refractivity (Wildman–Crippen MR) is 72.5 cm³/mol. The Morgan fingerprint density at radius 3 is 2.73 bits per heavy atom. The fourth-order valence-corrected chi connectivity index (χ4v) is 3.06. The first-order valence-electron chi connectivity index (χ1n) is 7.02. The zero-order valence-electron chi connectivity index (χ0n) is 12.2. The largest absolute Gasteiger partial charge is 0.416 e. The van der Waals surface area contributed by atoms with Crippen LogP contribution in [0.2, 0.25) is 0 Å². The average Bonchev–Trinajstić information content (AvgIpc) is 2.88. The van der Waals surface area contributed by atoms with E-state index in [0.717, 1.165) is 6.07 Å². The SMILES string of the molecule is CC1CNC(=O)N1c1cc(C(F)(F)F)c2c(n1)C(C)(O)CC2. The van der Waals surface area contributed by atoms with E-state index in [4.69, 9.17) is 0 Å². The summed E-state index contributed by atoms with van der Waals surface area (Å²) >= 11 is 0. The van der Waals surface area contributed by atoms with Gasteiger partial charge < -0.3 is 10.4 Å². The van der Waals surface area contributed by atoms with Gasteiger partial charge in [-0.05, 0) is 38.3 Å². The van der Waals surface area contributed by atoms with E-state index in [0.29, 0.717) is 6.54 Å². The van der Waals surface area contributed by atoms with Gasteiger partial charge in [0, 0.05) is 6.54 Å². The van der Waals surface area contributed by atoms with Crippen LogP contribution in [-0.2, 0) is 18.2 Å². The molecule has 2 N–H and O–H groups in total. The molecule has 5 nitrogen and oxygen atoms in total. The molecular formula is C14H16F3N3O2. The second-order valence-electron chi connectivity index (χ2n) is 6.03. The molecule has 1 aliphatic carbocycles. The van der Waals surface area contributed by atoms with Crippen LogP contribution in [-0.4, -0.2) is 28.7 Å². The van der Waals surface area contributed by atoms with Crippen molar-refractivity contribution in [3.05, 3.63) is 22.9 Å². The molecule has 3 rings (SSSR count). The Morgan fingerprint density at radius 1 is 1.50 bits per heavy atom. The van der Waals surface area contributed by atoms with Crippen LogP contribution in [0.3, 0.4) is 0 Å². The minimum absolute atomic E-state index is 0.0178. The van der Waals surface area contributed by atoms with Crippen molar-refractivity contribution in [1.29, 1.82) is 0 Å². The van der Waals surface area contributed by atoms with Gasteiger partial charge in [0.2, 0.25) is 0 Å². The van der Waals surface area contributed by atoms with E-state index >= 15 is 0 Å². The molecule has 0 aromatic carbocycles. The van der Waals surface area contributed by atoms with E-state index in [1.807, 2.05) is 0 Å². The zero-order chi connectivity index (χ0) is 16.3. The monoisotopic (exact) mass is 315 g/mol. The van der Waals surface area contributed by atoms with E-state index in [9.17, 15) is 23.1 Å². The fourth-order valence-electron chi connectivity index (χ4n) is 3.06. The number of amides is 2. The Labute approximate surface area is 125 Å². The van der Waals surface area contributed by atoms with E-state index in [1.165, 1.54) is 11.8 Å². The van der Waals surface area contributed by atoms with Crippen LogP contribution in [0.5, 0.6) is 0 Å². The molecule has 0 radical (unpaired) electrons. The lowest BCUT2D eigenvalue weighted by Gasteiger charge is -2.24. The topological polar surface area (TPSA) is 65.5 Å². The molecule has 1 aliphatic heterocycles. The molecule has 2 heterocycles. The zero-order valence-corrected chi connectivity index (χ0v) is 12.2. The van der Waals surface area contributed by atoms with E-state index in [2.05, 4.69) is 10.3 Å². The van der Waals surface area contributed by atoms with Gasteiger partial charge in [0.25, 0.3) is 0 Å². The maximum Gasteiger partial charge on any atom is 0.416 e. The van der Waals surface area contributed by atoms with Gasteiger partial charge in [-0.25, -0.2) is 9.78 Å². The quantitative estimate of drug-likeness (QED) is 0.835. The Hall–Kier alpha value is -1.83. The van der Waals surface area contributed by atoms with Gasteiger partial charge in [-0.3, -0.25) is 4.90 Å². The van der Waals surface area contributed by atoms with Crippen molar-refractivity contribution in [3.63, 3.8) is 0 Å². The summed E-state index contributed by atoms with van der Waals surface area (Å²) in [7, 11) is 0. The number of aromatic nitrogens is 1. The van der Waals surface area contributed by atoms with Crippen LogP contribution in [0.1, 0.15) is 37.1 Å². The Kier molecular flexibility index (Phi) is 3.14. The maximum atomic E-state index is 13.3. The summed E-state index contributed by atoms with van der Waals surface area (Å²) in [4.78, 5) is 17.2. The first-order chi connectivity index (χ1) is 10.1. The predicted octanol–water partition coefficient (Wildman–Crippen LogP) is 2.17. The number of pyridine rings is 1. The number of urea groups is 1. The molecule has 2 aliphatic rings. The number of rotatable bonds is 1. The van der Waals surface area contributed by atoms with Crippen molar-refractivity contribution in [2.24, 2.45) is 0 Å². The van der Waals surface area contributed by atoms with Gasteiger partial charge in [-0.1, -0.05) is 0 Å². The third-order valence-corrected chi connectivity index (χ3v) is 4.24. The highest BCUT2D eigenvalue weighted by molar-refractivity contribution is 5.94. The number of carbonyl (C=O) groups excluding carboxylic acids is 1. The third kappa shape index (κ3) is 2.22. The summed E-state index contributed by atoms with van der Waals surface area (Å²) in [6, 6.07) is 0.123. The van der Waals surface area contributed by atoms with Crippen molar-refractivity contribution >= 4 is 11.8 Å². The van der Waals surface area contributed by atoms with Crippen molar-refractivity contribution in [1.82, 2.24) is 10.3 Å². The summed E-state index contributed by atoms with van der Waals surface area (Å²) in [6.07, 6.45) is -4.25. The highest BCUT2D eigenvalue weighted by Crippen LogP contribution is 2.44. The average molecular weight is 315 g/mol. The first-order valence-corrected chi connectivity index (χ1v) is 7.02. The van der Waals surface area contributed by atoms with E-state index in [-0.39, 0.29) is 36.0 Å². The Bertz CT molecular complexity index is 643. The molecule has 2 amide bonds. The fraction of sp³-hybridized carbons (Fsp3) is 0.571. The number of halogens is 3. The number of aliphatic hydroxyl groups is 1. The maximum absolute atomic E-state index is 13.3. The molecule has 1 saturated heterocycles. The number of nitrogens with zero attached hydrogens (tertiary/aromatic N) is 2. The number of hydrogen-bond donors (Lipinski definition) is 2. The molecule has 120 valence electrons. The molecule has 1 aromatic heterocycles. The molecule has 1 aromatic rings. The summed E-state index contributed by atoms with van der Waals surface area (Å²) in [5, 5.41) is 12.9.